The highest BCUT2D eigenvalue weighted by atomic mass is 35.5. The first-order chi connectivity index (χ1) is 7.86. The Labute approximate surface area is 105 Å². The van der Waals surface area contributed by atoms with Crippen molar-refractivity contribution in [3.8, 4) is 0 Å². The van der Waals surface area contributed by atoms with Crippen molar-refractivity contribution < 1.29 is 13.2 Å². The van der Waals surface area contributed by atoms with Crippen LogP contribution in [0.3, 0.4) is 0 Å². The lowest BCUT2D eigenvalue weighted by molar-refractivity contribution is -0.115. The van der Waals surface area contributed by atoms with Gasteiger partial charge in [0.15, 0.2) is 0 Å². The number of carbonyl (C=O) groups is 1. The molecule has 1 aromatic carbocycles. The van der Waals surface area contributed by atoms with Gasteiger partial charge in [0.05, 0.1) is 4.90 Å². The summed E-state index contributed by atoms with van der Waals surface area (Å²) in [5.41, 5.74) is 0.498. The number of halogens is 1. The maximum atomic E-state index is 11.4. The molecule has 17 heavy (non-hydrogen) atoms. The zero-order valence-corrected chi connectivity index (χ0v) is 11.0. The van der Waals surface area contributed by atoms with E-state index in [0.717, 1.165) is 0 Å². The van der Waals surface area contributed by atoms with E-state index < -0.39 is 15.4 Å². The van der Waals surface area contributed by atoms with E-state index in [-0.39, 0.29) is 10.8 Å². The van der Waals surface area contributed by atoms with Crippen molar-refractivity contribution in [1.82, 2.24) is 4.72 Å². The quantitative estimate of drug-likeness (QED) is 0.811. The molecule has 0 saturated carbocycles. The van der Waals surface area contributed by atoms with Gasteiger partial charge >= 0.3 is 0 Å². The number of hydrogen-bond donors (Lipinski definition) is 2. The van der Waals surface area contributed by atoms with Gasteiger partial charge in [-0.05, 0) is 38.2 Å². The second-order valence-electron chi connectivity index (χ2n) is 3.34. The summed E-state index contributed by atoms with van der Waals surface area (Å²) >= 11 is 5.59. The fourth-order valence-corrected chi connectivity index (χ4v) is 1.86. The summed E-state index contributed by atoms with van der Waals surface area (Å²) in [4.78, 5) is 11.4. The maximum Gasteiger partial charge on any atom is 0.242 e. The first-order valence-electron chi connectivity index (χ1n) is 4.85. The summed E-state index contributed by atoms with van der Waals surface area (Å²) in [7, 11) is -2.11. The molecule has 1 atom stereocenters. The Hall–Kier alpha value is -1.11. The van der Waals surface area contributed by atoms with Crippen LogP contribution in [0.5, 0.6) is 0 Å². The topological polar surface area (TPSA) is 75.3 Å². The van der Waals surface area contributed by atoms with Crippen molar-refractivity contribution in [1.29, 1.82) is 0 Å². The molecule has 0 aliphatic heterocycles. The van der Waals surface area contributed by atoms with Gasteiger partial charge in [-0.2, -0.15) is 0 Å². The summed E-state index contributed by atoms with van der Waals surface area (Å²) < 4.78 is 25.0. The normalized spacial score (nSPS) is 13.1. The van der Waals surface area contributed by atoms with Crippen LogP contribution in [0, 0.1) is 0 Å². The minimum atomic E-state index is -3.45. The molecular formula is C10H13ClN2O3S. The molecule has 0 saturated heterocycles. The average Bonchev–Trinajstić information content (AvgIpc) is 2.29. The molecule has 0 spiro atoms. The lowest BCUT2D eigenvalue weighted by atomic mass is 10.3. The zero-order chi connectivity index (χ0) is 13.1. The molecule has 1 rings (SSSR count). The Bertz CT molecular complexity index is 497. The molecule has 7 heteroatoms. The van der Waals surface area contributed by atoms with Crippen molar-refractivity contribution in [2.75, 3.05) is 12.4 Å². The minimum Gasteiger partial charge on any atom is -0.325 e. The van der Waals surface area contributed by atoms with Crippen molar-refractivity contribution in [2.45, 2.75) is 17.2 Å². The summed E-state index contributed by atoms with van der Waals surface area (Å²) in [6.45, 7) is 1.55. The van der Waals surface area contributed by atoms with Crippen LogP contribution in [-0.4, -0.2) is 26.7 Å². The standard InChI is InChI=1S/C10H13ClN2O3S/c1-7(11)10(14)13-8-3-5-9(6-4-8)17(15,16)12-2/h3-7,12H,1-2H3,(H,13,14). The molecule has 0 heterocycles. The Balaban J connectivity index is 2.86. The highest BCUT2D eigenvalue weighted by molar-refractivity contribution is 7.89. The number of carbonyl (C=O) groups excluding carboxylic acids is 1. The number of alkyl halides is 1. The van der Waals surface area contributed by atoms with Crippen LogP contribution in [0.2, 0.25) is 0 Å². The van der Waals surface area contributed by atoms with Crippen molar-refractivity contribution in [2.24, 2.45) is 0 Å². The zero-order valence-electron chi connectivity index (χ0n) is 9.40. The van der Waals surface area contributed by atoms with E-state index in [1.165, 1.54) is 31.3 Å². The second-order valence-corrected chi connectivity index (χ2v) is 5.88. The highest BCUT2D eigenvalue weighted by Gasteiger charge is 2.12. The Morgan fingerprint density at radius 2 is 1.82 bits per heavy atom. The molecule has 0 radical (unpaired) electrons. The predicted octanol–water partition coefficient (Wildman–Crippen LogP) is 1.16. The van der Waals surface area contributed by atoms with Crippen LogP contribution >= 0.6 is 11.6 Å². The minimum absolute atomic E-state index is 0.136. The number of benzene rings is 1. The van der Waals surface area contributed by atoms with Crippen LogP contribution in [0.1, 0.15) is 6.92 Å². The lowest BCUT2D eigenvalue weighted by Gasteiger charge is -2.07. The third kappa shape index (κ3) is 3.69. The molecular weight excluding hydrogens is 264 g/mol. The van der Waals surface area contributed by atoms with Crippen LogP contribution in [0.4, 0.5) is 5.69 Å². The smallest absolute Gasteiger partial charge is 0.242 e. The van der Waals surface area contributed by atoms with Crippen molar-refractivity contribution in [3.05, 3.63) is 24.3 Å². The molecule has 2 N–H and O–H groups in total. The van der Waals surface area contributed by atoms with Gasteiger partial charge in [-0.25, -0.2) is 13.1 Å². The Kier molecular flexibility index (Phi) is 4.50. The fourth-order valence-electron chi connectivity index (χ4n) is 1.08. The van der Waals surface area contributed by atoms with E-state index in [9.17, 15) is 13.2 Å². The van der Waals surface area contributed by atoms with Crippen LogP contribution < -0.4 is 10.0 Å². The van der Waals surface area contributed by atoms with Gasteiger partial charge in [0.2, 0.25) is 15.9 Å². The van der Waals surface area contributed by atoms with Crippen LogP contribution in [0.25, 0.3) is 0 Å². The van der Waals surface area contributed by atoms with Gasteiger partial charge in [0, 0.05) is 5.69 Å². The summed E-state index contributed by atoms with van der Waals surface area (Å²) in [5, 5.41) is 1.91. The molecule has 0 bridgehead atoms. The second kappa shape index (κ2) is 5.48. The summed E-state index contributed by atoms with van der Waals surface area (Å²) in [6, 6.07) is 5.81. The van der Waals surface area contributed by atoms with Crippen molar-refractivity contribution in [3.63, 3.8) is 0 Å². The molecule has 94 valence electrons. The summed E-state index contributed by atoms with van der Waals surface area (Å²) in [6.07, 6.45) is 0. The van der Waals surface area contributed by atoms with Gasteiger partial charge in [-0.15, -0.1) is 11.6 Å². The number of nitrogens with one attached hydrogen (secondary N) is 2. The monoisotopic (exact) mass is 276 g/mol. The molecule has 0 aliphatic carbocycles. The maximum absolute atomic E-state index is 11.4. The molecule has 0 aliphatic rings. The number of anilines is 1. The number of hydrogen-bond acceptors (Lipinski definition) is 3. The molecule has 1 unspecified atom stereocenters. The predicted molar refractivity (Wildman–Crippen MR) is 66.6 cm³/mol. The lowest BCUT2D eigenvalue weighted by Crippen LogP contribution is -2.21. The molecule has 0 aromatic heterocycles. The SMILES string of the molecule is CNS(=O)(=O)c1ccc(NC(=O)C(C)Cl)cc1. The summed E-state index contributed by atoms with van der Waals surface area (Å²) in [5.74, 6) is -0.337. The van der Waals surface area contributed by atoms with Crippen molar-refractivity contribution >= 4 is 33.2 Å². The number of amides is 1. The first kappa shape index (κ1) is 14.0. The molecule has 1 aromatic rings. The molecule has 1 amide bonds. The van der Waals surface area contributed by atoms with E-state index in [1.54, 1.807) is 6.92 Å². The molecule has 0 fully saturated rings. The van der Waals surface area contributed by atoms with Crippen LogP contribution in [0.15, 0.2) is 29.2 Å². The third-order valence-electron chi connectivity index (χ3n) is 2.06. The third-order valence-corrected chi connectivity index (χ3v) is 3.69. The van der Waals surface area contributed by atoms with E-state index in [2.05, 4.69) is 10.0 Å². The highest BCUT2D eigenvalue weighted by Crippen LogP contribution is 2.14. The fraction of sp³-hybridized carbons (Fsp3) is 0.300. The molecule has 5 nitrogen and oxygen atoms in total. The Morgan fingerprint density at radius 3 is 2.24 bits per heavy atom. The van der Waals surface area contributed by atoms with Crippen LogP contribution in [-0.2, 0) is 14.8 Å². The number of rotatable bonds is 4. The van der Waals surface area contributed by atoms with Gasteiger partial charge in [0.1, 0.15) is 5.38 Å². The van der Waals surface area contributed by atoms with Gasteiger partial charge < -0.3 is 5.32 Å². The van der Waals surface area contributed by atoms with E-state index in [0.29, 0.717) is 5.69 Å². The van der Waals surface area contributed by atoms with Gasteiger partial charge in [0.25, 0.3) is 0 Å². The first-order valence-corrected chi connectivity index (χ1v) is 6.77. The Morgan fingerprint density at radius 1 is 1.29 bits per heavy atom. The van der Waals surface area contributed by atoms with Gasteiger partial charge in [-0.1, -0.05) is 0 Å². The van der Waals surface area contributed by atoms with E-state index in [4.69, 9.17) is 11.6 Å². The van der Waals surface area contributed by atoms with E-state index in [1.807, 2.05) is 0 Å². The average molecular weight is 277 g/mol. The number of sulfonamides is 1. The largest absolute Gasteiger partial charge is 0.325 e. The van der Waals surface area contributed by atoms with E-state index >= 15 is 0 Å². The van der Waals surface area contributed by atoms with Gasteiger partial charge in [-0.3, -0.25) is 4.79 Å².